The Hall–Kier alpha value is -0.790. The molecule has 1 N–H and O–H groups in total. The molecule has 0 saturated carbocycles. The molecule has 0 aromatic rings. The van der Waals surface area contributed by atoms with Gasteiger partial charge in [0, 0.05) is 5.41 Å². The van der Waals surface area contributed by atoms with Crippen LogP contribution in [-0.4, -0.2) is 5.91 Å². The summed E-state index contributed by atoms with van der Waals surface area (Å²) in [7, 11) is 0. The molecule has 0 bridgehead atoms. The number of hydrogen-bond acceptors (Lipinski definition) is 1. The van der Waals surface area contributed by atoms with E-state index in [0.717, 1.165) is 6.42 Å². The van der Waals surface area contributed by atoms with Crippen LogP contribution in [0.15, 0.2) is 12.8 Å². The summed E-state index contributed by atoms with van der Waals surface area (Å²) in [6, 6.07) is 0. The van der Waals surface area contributed by atoms with Crippen molar-refractivity contribution in [2.45, 2.75) is 27.2 Å². The van der Waals surface area contributed by atoms with E-state index >= 15 is 0 Å². The largest absolute Gasteiger partial charge is 0.333 e. The van der Waals surface area contributed by atoms with Gasteiger partial charge in [0.1, 0.15) is 0 Å². The molecule has 58 valence electrons. The molecule has 0 spiro atoms. The third kappa shape index (κ3) is 2.21. The van der Waals surface area contributed by atoms with Crippen molar-refractivity contribution >= 4 is 5.91 Å². The molecule has 0 aromatic heterocycles. The minimum Gasteiger partial charge on any atom is -0.333 e. The average molecular weight is 141 g/mol. The summed E-state index contributed by atoms with van der Waals surface area (Å²) in [5.74, 6) is 0.0324. The summed E-state index contributed by atoms with van der Waals surface area (Å²) in [4.78, 5) is 11.1. The van der Waals surface area contributed by atoms with Crippen molar-refractivity contribution in [2.75, 3.05) is 0 Å². The Balaban J connectivity index is 4.03. The van der Waals surface area contributed by atoms with Crippen LogP contribution < -0.4 is 5.32 Å². The number of nitrogens with one attached hydrogen (secondary N) is 1. The molecular weight excluding hydrogens is 126 g/mol. The van der Waals surface area contributed by atoms with E-state index in [2.05, 4.69) is 11.9 Å². The maximum absolute atomic E-state index is 11.1. The van der Waals surface area contributed by atoms with E-state index in [4.69, 9.17) is 0 Å². The highest BCUT2D eigenvalue weighted by atomic mass is 16.2. The molecule has 0 radical (unpaired) electrons. The first-order valence-corrected chi connectivity index (χ1v) is 3.46. The number of amides is 1. The van der Waals surface area contributed by atoms with Crippen LogP contribution in [0.4, 0.5) is 0 Å². The zero-order chi connectivity index (χ0) is 8.20. The van der Waals surface area contributed by atoms with Gasteiger partial charge >= 0.3 is 0 Å². The first-order chi connectivity index (χ1) is 4.54. The van der Waals surface area contributed by atoms with Gasteiger partial charge in [-0.05, 0) is 12.6 Å². The second-order valence-electron chi connectivity index (χ2n) is 2.92. The lowest BCUT2D eigenvalue weighted by molar-refractivity contribution is -0.128. The molecule has 2 heteroatoms. The van der Waals surface area contributed by atoms with E-state index in [1.165, 1.54) is 6.20 Å². The normalized spacial score (nSPS) is 10.7. The monoisotopic (exact) mass is 141 g/mol. The first-order valence-electron chi connectivity index (χ1n) is 3.46. The van der Waals surface area contributed by atoms with Crippen LogP contribution in [0.1, 0.15) is 27.2 Å². The third-order valence-corrected chi connectivity index (χ3v) is 1.73. The quantitative estimate of drug-likeness (QED) is 0.636. The summed E-state index contributed by atoms with van der Waals surface area (Å²) in [5, 5.41) is 2.56. The van der Waals surface area contributed by atoms with Gasteiger partial charge in [-0.2, -0.15) is 0 Å². The van der Waals surface area contributed by atoms with Crippen molar-refractivity contribution in [1.82, 2.24) is 5.32 Å². The van der Waals surface area contributed by atoms with Gasteiger partial charge in [0.2, 0.25) is 5.91 Å². The number of rotatable bonds is 3. The van der Waals surface area contributed by atoms with E-state index in [1.807, 2.05) is 20.8 Å². The molecule has 0 rings (SSSR count). The maximum atomic E-state index is 11.1. The van der Waals surface area contributed by atoms with Crippen LogP contribution in [0.5, 0.6) is 0 Å². The third-order valence-electron chi connectivity index (χ3n) is 1.73. The Morgan fingerprint density at radius 3 is 2.50 bits per heavy atom. The van der Waals surface area contributed by atoms with Crippen LogP contribution >= 0.6 is 0 Å². The molecule has 0 aliphatic rings. The van der Waals surface area contributed by atoms with Gasteiger partial charge in [0.15, 0.2) is 0 Å². The van der Waals surface area contributed by atoms with Gasteiger partial charge in [-0.3, -0.25) is 4.79 Å². The lowest BCUT2D eigenvalue weighted by Gasteiger charge is -2.19. The zero-order valence-corrected chi connectivity index (χ0v) is 6.90. The predicted molar refractivity (Wildman–Crippen MR) is 42.4 cm³/mol. The summed E-state index contributed by atoms with van der Waals surface area (Å²) >= 11 is 0. The Morgan fingerprint density at radius 2 is 2.20 bits per heavy atom. The van der Waals surface area contributed by atoms with Crippen LogP contribution in [0, 0.1) is 5.41 Å². The second kappa shape index (κ2) is 3.40. The van der Waals surface area contributed by atoms with Gasteiger partial charge < -0.3 is 5.32 Å². The Kier molecular flexibility index (Phi) is 3.13. The van der Waals surface area contributed by atoms with Crippen molar-refractivity contribution in [1.29, 1.82) is 0 Å². The van der Waals surface area contributed by atoms with Crippen LogP contribution in [0.2, 0.25) is 0 Å². The van der Waals surface area contributed by atoms with E-state index in [0.29, 0.717) is 0 Å². The molecule has 10 heavy (non-hydrogen) atoms. The van der Waals surface area contributed by atoms with Crippen molar-refractivity contribution in [3.63, 3.8) is 0 Å². The van der Waals surface area contributed by atoms with Crippen molar-refractivity contribution in [3.8, 4) is 0 Å². The summed E-state index contributed by atoms with van der Waals surface area (Å²) in [6.45, 7) is 9.22. The zero-order valence-electron chi connectivity index (χ0n) is 6.90. The molecule has 1 amide bonds. The van der Waals surface area contributed by atoms with Crippen LogP contribution in [-0.2, 0) is 4.79 Å². The smallest absolute Gasteiger partial charge is 0.229 e. The predicted octanol–water partition coefficient (Wildman–Crippen LogP) is 1.68. The number of carbonyl (C=O) groups excluding carboxylic acids is 1. The molecular formula is C8H15NO. The lowest BCUT2D eigenvalue weighted by atomic mass is 9.89. The van der Waals surface area contributed by atoms with Crippen molar-refractivity contribution in [2.24, 2.45) is 5.41 Å². The summed E-state index contributed by atoms with van der Waals surface area (Å²) in [5.41, 5.74) is -0.270. The topological polar surface area (TPSA) is 29.1 Å². The fourth-order valence-electron chi connectivity index (χ4n) is 0.449. The van der Waals surface area contributed by atoms with Gasteiger partial charge in [0.25, 0.3) is 0 Å². The first kappa shape index (κ1) is 9.21. The average Bonchev–Trinajstić information content (AvgIpc) is 1.89. The molecule has 0 aromatic carbocycles. The van der Waals surface area contributed by atoms with E-state index in [-0.39, 0.29) is 11.3 Å². The van der Waals surface area contributed by atoms with Gasteiger partial charge in [0.05, 0.1) is 0 Å². The minimum atomic E-state index is -0.270. The van der Waals surface area contributed by atoms with Crippen molar-refractivity contribution in [3.05, 3.63) is 12.8 Å². The van der Waals surface area contributed by atoms with Gasteiger partial charge in [-0.25, -0.2) is 0 Å². The van der Waals surface area contributed by atoms with Gasteiger partial charge in [-0.15, -0.1) is 0 Å². The number of carbonyl (C=O) groups is 1. The Bertz CT molecular complexity index is 138. The van der Waals surface area contributed by atoms with E-state index in [9.17, 15) is 4.79 Å². The molecule has 0 unspecified atom stereocenters. The molecule has 0 aliphatic carbocycles. The van der Waals surface area contributed by atoms with Gasteiger partial charge in [-0.1, -0.05) is 27.4 Å². The number of hydrogen-bond donors (Lipinski definition) is 1. The Morgan fingerprint density at radius 1 is 1.70 bits per heavy atom. The van der Waals surface area contributed by atoms with E-state index in [1.54, 1.807) is 0 Å². The lowest BCUT2D eigenvalue weighted by Crippen LogP contribution is -2.32. The SMILES string of the molecule is C=CNC(=O)C(C)(C)CC. The highest BCUT2D eigenvalue weighted by molar-refractivity contribution is 5.82. The molecule has 0 atom stereocenters. The molecule has 0 aliphatic heterocycles. The fraction of sp³-hybridized carbons (Fsp3) is 0.625. The Labute approximate surface area is 62.3 Å². The van der Waals surface area contributed by atoms with Crippen LogP contribution in [0.3, 0.4) is 0 Å². The molecule has 0 heterocycles. The molecule has 0 saturated heterocycles. The molecule has 2 nitrogen and oxygen atoms in total. The highest BCUT2D eigenvalue weighted by Gasteiger charge is 2.23. The second-order valence-corrected chi connectivity index (χ2v) is 2.92. The van der Waals surface area contributed by atoms with Crippen LogP contribution in [0.25, 0.3) is 0 Å². The summed E-state index contributed by atoms with van der Waals surface area (Å²) in [6.07, 6.45) is 2.26. The fourth-order valence-corrected chi connectivity index (χ4v) is 0.449. The minimum absolute atomic E-state index is 0.0324. The molecule has 0 fully saturated rings. The standard InChI is InChI=1S/C8H15NO/c1-5-8(3,4)7(10)9-6-2/h6H,2,5H2,1,3-4H3,(H,9,10). The summed E-state index contributed by atoms with van der Waals surface area (Å²) < 4.78 is 0. The van der Waals surface area contributed by atoms with Crippen molar-refractivity contribution < 1.29 is 4.79 Å². The maximum Gasteiger partial charge on any atom is 0.229 e. The van der Waals surface area contributed by atoms with E-state index < -0.39 is 0 Å². The highest BCUT2D eigenvalue weighted by Crippen LogP contribution is 2.18.